The van der Waals surface area contributed by atoms with Crippen LogP contribution >= 0.6 is 11.6 Å². The van der Waals surface area contributed by atoms with Crippen molar-refractivity contribution in [1.82, 2.24) is 4.98 Å². The van der Waals surface area contributed by atoms with Crippen molar-refractivity contribution in [2.45, 2.75) is 19.9 Å². The number of para-hydroxylation sites is 1. The Bertz CT molecular complexity index is 860. The van der Waals surface area contributed by atoms with Crippen molar-refractivity contribution in [2.24, 2.45) is 0 Å². The number of aromatic nitrogens is 1. The van der Waals surface area contributed by atoms with Crippen molar-refractivity contribution in [1.29, 1.82) is 0 Å². The molecule has 3 rings (SSSR count). The van der Waals surface area contributed by atoms with E-state index in [0.717, 1.165) is 16.8 Å². The maximum absolute atomic E-state index is 12.3. The van der Waals surface area contributed by atoms with E-state index in [1.165, 1.54) is 0 Å². The van der Waals surface area contributed by atoms with Gasteiger partial charge in [0.05, 0.1) is 10.7 Å². The van der Waals surface area contributed by atoms with Gasteiger partial charge in [0.2, 0.25) is 5.91 Å². The molecule has 23 heavy (non-hydrogen) atoms. The maximum Gasteiger partial charge on any atom is 0.246 e. The summed E-state index contributed by atoms with van der Waals surface area (Å²) in [6.45, 7) is 3.58. The van der Waals surface area contributed by atoms with Crippen LogP contribution in [0.4, 0.5) is 11.4 Å². The normalized spacial score (nSPS) is 12.1. The van der Waals surface area contributed by atoms with Gasteiger partial charge >= 0.3 is 0 Å². The Morgan fingerprint density at radius 3 is 2.83 bits per heavy atom. The predicted molar refractivity (Wildman–Crippen MR) is 91.9 cm³/mol. The number of fused-ring (bicyclic) bond motifs is 1. The van der Waals surface area contributed by atoms with Crippen LogP contribution in [0.5, 0.6) is 0 Å². The Morgan fingerprint density at radius 1 is 1.26 bits per heavy atom. The molecule has 6 heteroatoms. The van der Waals surface area contributed by atoms with Crippen LogP contribution in [0, 0.1) is 6.92 Å². The number of oxazole rings is 1. The number of aryl methyl sites for hydroxylation is 1. The van der Waals surface area contributed by atoms with Gasteiger partial charge < -0.3 is 15.1 Å². The lowest BCUT2D eigenvalue weighted by molar-refractivity contribution is -0.116. The van der Waals surface area contributed by atoms with Crippen LogP contribution < -0.4 is 10.6 Å². The molecule has 0 saturated heterocycles. The highest BCUT2D eigenvalue weighted by molar-refractivity contribution is 6.33. The number of carbonyl (C=O) groups excluding carboxylic acids is 1. The molecule has 2 N–H and O–H groups in total. The van der Waals surface area contributed by atoms with Gasteiger partial charge in [-0.3, -0.25) is 4.79 Å². The molecule has 0 saturated carbocycles. The molecule has 0 aliphatic carbocycles. The zero-order chi connectivity index (χ0) is 16.4. The quantitative estimate of drug-likeness (QED) is 0.751. The third kappa shape index (κ3) is 3.46. The fraction of sp³-hybridized carbons (Fsp3) is 0.176. The zero-order valence-corrected chi connectivity index (χ0v) is 13.5. The van der Waals surface area contributed by atoms with Crippen LogP contribution in [0.2, 0.25) is 5.02 Å². The van der Waals surface area contributed by atoms with E-state index < -0.39 is 6.04 Å². The molecule has 0 aliphatic rings. The predicted octanol–water partition coefficient (Wildman–Crippen LogP) is 4.23. The number of anilines is 2. The van der Waals surface area contributed by atoms with E-state index in [2.05, 4.69) is 15.6 Å². The molecule has 3 aromatic rings. The second kappa shape index (κ2) is 6.30. The number of hydrogen-bond acceptors (Lipinski definition) is 4. The molecule has 0 bridgehead atoms. The number of nitrogens with one attached hydrogen (secondary N) is 2. The van der Waals surface area contributed by atoms with Gasteiger partial charge in [0, 0.05) is 12.6 Å². The van der Waals surface area contributed by atoms with Crippen LogP contribution in [0.25, 0.3) is 11.1 Å². The fourth-order valence-electron chi connectivity index (χ4n) is 2.25. The molecule has 0 aliphatic heterocycles. The second-order valence-corrected chi connectivity index (χ2v) is 5.66. The minimum absolute atomic E-state index is 0.172. The summed E-state index contributed by atoms with van der Waals surface area (Å²) in [7, 11) is 0. The molecule has 1 aromatic heterocycles. The number of benzene rings is 2. The molecule has 118 valence electrons. The van der Waals surface area contributed by atoms with Crippen molar-refractivity contribution in [2.75, 3.05) is 10.6 Å². The second-order valence-electron chi connectivity index (χ2n) is 5.25. The highest BCUT2D eigenvalue weighted by Gasteiger charge is 2.14. The van der Waals surface area contributed by atoms with Crippen molar-refractivity contribution < 1.29 is 9.21 Å². The number of halogens is 1. The molecule has 1 amide bonds. The monoisotopic (exact) mass is 329 g/mol. The first-order valence-corrected chi connectivity index (χ1v) is 7.60. The molecule has 0 unspecified atom stereocenters. The van der Waals surface area contributed by atoms with Crippen LogP contribution in [0.1, 0.15) is 12.8 Å². The standard InChI is InChI=1S/C17H16ClN3O2/c1-10(17(22)21-14-6-4-3-5-13(14)18)19-12-7-8-16-15(9-12)20-11(2)23-16/h3-10,19H,1-2H3,(H,21,22)/t10-/m1/s1. The fourth-order valence-corrected chi connectivity index (χ4v) is 2.43. The number of rotatable bonds is 4. The number of hydrogen-bond donors (Lipinski definition) is 2. The first-order chi connectivity index (χ1) is 11.0. The Labute approximate surface area is 138 Å². The molecule has 0 fully saturated rings. The number of amides is 1. The third-order valence-electron chi connectivity index (χ3n) is 3.40. The number of carbonyl (C=O) groups is 1. The van der Waals surface area contributed by atoms with Crippen molar-refractivity contribution >= 4 is 40.0 Å². The third-order valence-corrected chi connectivity index (χ3v) is 3.73. The summed E-state index contributed by atoms with van der Waals surface area (Å²) in [6.07, 6.45) is 0. The van der Waals surface area contributed by atoms with Crippen LogP contribution in [-0.4, -0.2) is 16.9 Å². The topological polar surface area (TPSA) is 67.2 Å². The SMILES string of the molecule is Cc1nc2cc(N[C@H](C)C(=O)Nc3ccccc3Cl)ccc2o1. The zero-order valence-electron chi connectivity index (χ0n) is 12.8. The van der Waals surface area contributed by atoms with E-state index in [4.69, 9.17) is 16.0 Å². The van der Waals surface area contributed by atoms with Crippen molar-refractivity contribution in [3.05, 3.63) is 53.4 Å². The summed E-state index contributed by atoms with van der Waals surface area (Å²) < 4.78 is 5.43. The smallest absolute Gasteiger partial charge is 0.246 e. The summed E-state index contributed by atoms with van der Waals surface area (Å²) in [5.74, 6) is 0.441. The molecule has 1 heterocycles. The highest BCUT2D eigenvalue weighted by Crippen LogP contribution is 2.22. The lowest BCUT2D eigenvalue weighted by Crippen LogP contribution is -2.31. The minimum atomic E-state index is -0.434. The van der Waals surface area contributed by atoms with Crippen molar-refractivity contribution in [3.63, 3.8) is 0 Å². The molecule has 1 atom stereocenters. The first-order valence-electron chi connectivity index (χ1n) is 7.22. The van der Waals surface area contributed by atoms with Gasteiger partial charge in [-0.05, 0) is 37.3 Å². The van der Waals surface area contributed by atoms with E-state index in [0.29, 0.717) is 16.6 Å². The Kier molecular flexibility index (Phi) is 4.21. The highest BCUT2D eigenvalue weighted by atomic mass is 35.5. The minimum Gasteiger partial charge on any atom is -0.441 e. The number of nitrogens with zero attached hydrogens (tertiary/aromatic N) is 1. The Morgan fingerprint density at radius 2 is 2.04 bits per heavy atom. The van der Waals surface area contributed by atoms with Gasteiger partial charge in [-0.15, -0.1) is 0 Å². The van der Waals surface area contributed by atoms with Gasteiger partial charge in [0.1, 0.15) is 11.6 Å². The van der Waals surface area contributed by atoms with Gasteiger partial charge in [0.15, 0.2) is 11.5 Å². The Hall–Kier alpha value is -2.53. The largest absolute Gasteiger partial charge is 0.441 e. The molecule has 0 spiro atoms. The van der Waals surface area contributed by atoms with Crippen LogP contribution in [0.15, 0.2) is 46.9 Å². The first kappa shape index (κ1) is 15.4. The maximum atomic E-state index is 12.3. The van der Waals surface area contributed by atoms with Gasteiger partial charge in [-0.2, -0.15) is 0 Å². The molecule has 0 radical (unpaired) electrons. The van der Waals surface area contributed by atoms with Crippen molar-refractivity contribution in [3.8, 4) is 0 Å². The van der Waals surface area contributed by atoms with Crippen LogP contribution in [0.3, 0.4) is 0 Å². The lowest BCUT2D eigenvalue weighted by atomic mass is 10.2. The molecule has 5 nitrogen and oxygen atoms in total. The van der Waals surface area contributed by atoms with E-state index in [1.807, 2.05) is 30.3 Å². The summed E-state index contributed by atoms with van der Waals surface area (Å²) in [5.41, 5.74) is 2.87. The van der Waals surface area contributed by atoms with Crippen LogP contribution in [-0.2, 0) is 4.79 Å². The molecular formula is C17H16ClN3O2. The summed E-state index contributed by atoms with van der Waals surface area (Å²) in [6, 6.07) is 12.2. The van der Waals surface area contributed by atoms with E-state index in [9.17, 15) is 4.79 Å². The summed E-state index contributed by atoms with van der Waals surface area (Å²) >= 11 is 6.05. The van der Waals surface area contributed by atoms with Gasteiger partial charge in [0.25, 0.3) is 0 Å². The van der Waals surface area contributed by atoms with Gasteiger partial charge in [-0.25, -0.2) is 4.98 Å². The van der Waals surface area contributed by atoms with E-state index in [1.54, 1.807) is 26.0 Å². The van der Waals surface area contributed by atoms with Gasteiger partial charge in [-0.1, -0.05) is 23.7 Å². The molecular weight excluding hydrogens is 314 g/mol. The average molecular weight is 330 g/mol. The summed E-state index contributed by atoms with van der Waals surface area (Å²) in [5, 5.41) is 6.46. The summed E-state index contributed by atoms with van der Waals surface area (Å²) in [4.78, 5) is 16.6. The Balaban J connectivity index is 1.70. The van der Waals surface area contributed by atoms with E-state index >= 15 is 0 Å². The van der Waals surface area contributed by atoms with E-state index in [-0.39, 0.29) is 5.91 Å². The molecule has 2 aromatic carbocycles. The lowest BCUT2D eigenvalue weighted by Gasteiger charge is -2.15. The average Bonchev–Trinajstić information content (AvgIpc) is 2.88.